The van der Waals surface area contributed by atoms with Crippen molar-refractivity contribution in [3.05, 3.63) is 17.8 Å². The Morgan fingerprint density at radius 3 is 2.73 bits per heavy atom. The highest BCUT2D eigenvalue weighted by atomic mass is 16.3. The van der Waals surface area contributed by atoms with Crippen LogP contribution in [0.15, 0.2) is 10.7 Å². The zero-order chi connectivity index (χ0) is 8.27. The first-order chi connectivity index (χ1) is 5.22. The molecule has 11 heavy (non-hydrogen) atoms. The molecule has 2 nitrogen and oxygen atoms in total. The smallest absolute Gasteiger partial charge is 0.193 e. The van der Waals surface area contributed by atoms with E-state index in [2.05, 4.69) is 18.8 Å². The molecule has 1 aromatic rings. The Kier molecular flexibility index (Phi) is 2.69. The molecule has 0 aliphatic carbocycles. The van der Waals surface area contributed by atoms with Gasteiger partial charge in [0.2, 0.25) is 0 Å². The predicted molar refractivity (Wildman–Crippen MR) is 44.4 cm³/mol. The number of rotatable bonds is 3. The third kappa shape index (κ3) is 2.37. The van der Waals surface area contributed by atoms with Crippen LogP contribution in [0.1, 0.15) is 32.4 Å². The van der Waals surface area contributed by atoms with E-state index < -0.39 is 0 Å². The molecule has 0 N–H and O–H groups in total. The summed E-state index contributed by atoms with van der Waals surface area (Å²) in [6.07, 6.45) is 3.67. The standard InChI is InChI=1S/C9H15NO/c1-4-9-10-8(6-11-9)5-7(2)3/h6-7H,4-5H2,1-3H3. The van der Waals surface area contributed by atoms with Crippen molar-refractivity contribution in [3.63, 3.8) is 0 Å². The summed E-state index contributed by atoms with van der Waals surface area (Å²) in [4.78, 5) is 4.30. The molecule has 0 aliphatic heterocycles. The molecule has 0 radical (unpaired) electrons. The molecule has 0 unspecified atom stereocenters. The van der Waals surface area contributed by atoms with Crippen molar-refractivity contribution in [2.75, 3.05) is 0 Å². The van der Waals surface area contributed by atoms with Crippen LogP contribution in [0.5, 0.6) is 0 Å². The van der Waals surface area contributed by atoms with Gasteiger partial charge in [-0.05, 0) is 12.3 Å². The summed E-state index contributed by atoms with van der Waals surface area (Å²) in [7, 11) is 0. The molecule has 1 aromatic heterocycles. The largest absolute Gasteiger partial charge is 0.449 e. The van der Waals surface area contributed by atoms with E-state index in [-0.39, 0.29) is 0 Å². The topological polar surface area (TPSA) is 26.0 Å². The lowest BCUT2D eigenvalue weighted by Crippen LogP contribution is -1.94. The number of oxazole rings is 1. The number of nitrogens with zero attached hydrogens (tertiary/aromatic N) is 1. The summed E-state index contributed by atoms with van der Waals surface area (Å²) in [5.74, 6) is 1.51. The lowest BCUT2D eigenvalue weighted by molar-refractivity contribution is 0.500. The highest BCUT2D eigenvalue weighted by Crippen LogP contribution is 2.07. The van der Waals surface area contributed by atoms with Crippen molar-refractivity contribution in [2.45, 2.75) is 33.6 Å². The number of hydrogen-bond donors (Lipinski definition) is 0. The molecule has 0 spiro atoms. The fourth-order valence-electron chi connectivity index (χ4n) is 1.02. The van der Waals surface area contributed by atoms with Gasteiger partial charge in [0.05, 0.1) is 5.69 Å². The van der Waals surface area contributed by atoms with E-state index in [1.807, 2.05) is 6.92 Å². The second-order valence-corrected chi connectivity index (χ2v) is 3.18. The predicted octanol–water partition coefficient (Wildman–Crippen LogP) is 2.44. The normalized spacial score (nSPS) is 10.9. The molecule has 0 saturated carbocycles. The van der Waals surface area contributed by atoms with Crippen LogP contribution in [0, 0.1) is 5.92 Å². The Bertz CT molecular complexity index is 215. The van der Waals surface area contributed by atoms with Crippen molar-refractivity contribution in [1.29, 1.82) is 0 Å². The van der Waals surface area contributed by atoms with Crippen LogP contribution in [0.3, 0.4) is 0 Å². The van der Waals surface area contributed by atoms with E-state index in [9.17, 15) is 0 Å². The minimum Gasteiger partial charge on any atom is -0.449 e. The van der Waals surface area contributed by atoms with E-state index in [0.29, 0.717) is 5.92 Å². The summed E-state index contributed by atoms with van der Waals surface area (Å²) < 4.78 is 5.20. The van der Waals surface area contributed by atoms with Crippen LogP contribution in [0.25, 0.3) is 0 Å². The summed E-state index contributed by atoms with van der Waals surface area (Å²) >= 11 is 0. The van der Waals surface area contributed by atoms with Crippen LogP contribution in [-0.2, 0) is 12.8 Å². The molecule has 2 heteroatoms. The Morgan fingerprint density at radius 1 is 1.55 bits per heavy atom. The second kappa shape index (κ2) is 3.56. The Morgan fingerprint density at radius 2 is 2.27 bits per heavy atom. The van der Waals surface area contributed by atoms with Gasteiger partial charge in [0.15, 0.2) is 5.89 Å². The molecular weight excluding hydrogens is 138 g/mol. The highest BCUT2D eigenvalue weighted by molar-refractivity contribution is 4.96. The van der Waals surface area contributed by atoms with Crippen molar-refractivity contribution in [1.82, 2.24) is 4.98 Å². The maximum atomic E-state index is 5.20. The molecule has 0 aromatic carbocycles. The molecule has 62 valence electrons. The van der Waals surface area contributed by atoms with Gasteiger partial charge in [0.25, 0.3) is 0 Å². The van der Waals surface area contributed by atoms with E-state index >= 15 is 0 Å². The molecule has 0 fully saturated rings. The molecule has 0 aliphatic rings. The Balaban J connectivity index is 2.58. The summed E-state index contributed by atoms with van der Waals surface area (Å²) in [5, 5.41) is 0. The van der Waals surface area contributed by atoms with E-state index in [0.717, 1.165) is 24.4 Å². The fraction of sp³-hybridized carbons (Fsp3) is 0.667. The third-order valence-corrected chi connectivity index (χ3v) is 1.52. The molecule has 0 amide bonds. The fourth-order valence-corrected chi connectivity index (χ4v) is 1.02. The zero-order valence-electron chi connectivity index (χ0n) is 7.42. The third-order valence-electron chi connectivity index (χ3n) is 1.52. The van der Waals surface area contributed by atoms with E-state index in [1.54, 1.807) is 6.26 Å². The molecule has 0 saturated heterocycles. The molecular formula is C9H15NO. The number of aryl methyl sites for hydroxylation is 1. The Hall–Kier alpha value is -0.790. The lowest BCUT2D eigenvalue weighted by atomic mass is 10.1. The molecule has 0 atom stereocenters. The summed E-state index contributed by atoms with van der Waals surface area (Å²) in [6, 6.07) is 0. The van der Waals surface area contributed by atoms with Gasteiger partial charge in [0.1, 0.15) is 6.26 Å². The van der Waals surface area contributed by atoms with Gasteiger partial charge < -0.3 is 4.42 Å². The average Bonchev–Trinajstić information content (AvgIpc) is 2.34. The van der Waals surface area contributed by atoms with Crippen LogP contribution < -0.4 is 0 Å². The quantitative estimate of drug-likeness (QED) is 0.666. The molecule has 0 bridgehead atoms. The van der Waals surface area contributed by atoms with Crippen LogP contribution in [-0.4, -0.2) is 4.98 Å². The van der Waals surface area contributed by atoms with Gasteiger partial charge in [0, 0.05) is 6.42 Å². The van der Waals surface area contributed by atoms with Crippen molar-refractivity contribution >= 4 is 0 Å². The maximum Gasteiger partial charge on any atom is 0.193 e. The van der Waals surface area contributed by atoms with Gasteiger partial charge >= 0.3 is 0 Å². The van der Waals surface area contributed by atoms with E-state index in [1.165, 1.54) is 0 Å². The number of aromatic nitrogens is 1. The van der Waals surface area contributed by atoms with Crippen molar-refractivity contribution < 1.29 is 4.42 Å². The van der Waals surface area contributed by atoms with Gasteiger partial charge in [-0.2, -0.15) is 0 Å². The zero-order valence-corrected chi connectivity index (χ0v) is 7.42. The highest BCUT2D eigenvalue weighted by Gasteiger charge is 2.03. The maximum absolute atomic E-state index is 5.20. The van der Waals surface area contributed by atoms with Gasteiger partial charge in [-0.25, -0.2) is 4.98 Å². The number of hydrogen-bond acceptors (Lipinski definition) is 2. The van der Waals surface area contributed by atoms with Crippen LogP contribution in [0.2, 0.25) is 0 Å². The first-order valence-corrected chi connectivity index (χ1v) is 4.15. The SMILES string of the molecule is CCc1nc(CC(C)C)co1. The molecule has 1 rings (SSSR count). The summed E-state index contributed by atoms with van der Waals surface area (Å²) in [6.45, 7) is 6.41. The monoisotopic (exact) mass is 153 g/mol. The van der Waals surface area contributed by atoms with Crippen LogP contribution >= 0.6 is 0 Å². The van der Waals surface area contributed by atoms with Crippen LogP contribution in [0.4, 0.5) is 0 Å². The van der Waals surface area contributed by atoms with Gasteiger partial charge in [-0.1, -0.05) is 20.8 Å². The minimum atomic E-state index is 0.657. The van der Waals surface area contributed by atoms with Crippen molar-refractivity contribution in [2.24, 2.45) is 5.92 Å². The second-order valence-electron chi connectivity index (χ2n) is 3.18. The summed E-state index contributed by atoms with van der Waals surface area (Å²) in [5.41, 5.74) is 1.08. The lowest BCUT2D eigenvalue weighted by Gasteiger charge is -1.97. The average molecular weight is 153 g/mol. The van der Waals surface area contributed by atoms with Crippen molar-refractivity contribution in [3.8, 4) is 0 Å². The minimum absolute atomic E-state index is 0.657. The Labute approximate surface area is 67.6 Å². The van der Waals surface area contributed by atoms with E-state index in [4.69, 9.17) is 4.42 Å². The molecule has 1 heterocycles. The first-order valence-electron chi connectivity index (χ1n) is 4.15. The van der Waals surface area contributed by atoms with Gasteiger partial charge in [-0.15, -0.1) is 0 Å². The van der Waals surface area contributed by atoms with Gasteiger partial charge in [-0.3, -0.25) is 0 Å². The first kappa shape index (κ1) is 8.31.